The summed E-state index contributed by atoms with van der Waals surface area (Å²) >= 11 is 1.15. The van der Waals surface area contributed by atoms with Gasteiger partial charge >= 0.3 is 0 Å². The van der Waals surface area contributed by atoms with Crippen molar-refractivity contribution in [1.29, 1.82) is 5.41 Å². The minimum Gasteiger partial charge on any atom is -0.379 e. The molecule has 0 amide bonds. The maximum absolute atomic E-state index is 11.1. The van der Waals surface area contributed by atoms with Crippen LogP contribution in [0.25, 0.3) is 0 Å². The van der Waals surface area contributed by atoms with Crippen molar-refractivity contribution in [2.75, 3.05) is 11.5 Å². The number of amidine groups is 1. The first-order chi connectivity index (χ1) is 5.41. The summed E-state index contributed by atoms with van der Waals surface area (Å²) in [6.07, 6.45) is 0. The van der Waals surface area contributed by atoms with E-state index >= 15 is 0 Å². The van der Waals surface area contributed by atoms with Crippen molar-refractivity contribution in [1.82, 2.24) is 0 Å². The van der Waals surface area contributed by atoms with E-state index in [9.17, 15) is 8.42 Å². The molecule has 0 aliphatic carbocycles. The molecular weight excluding hydrogens is 196 g/mol. The molecule has 1 fully saturated rings. The lowest BCUT2D eigenvalue weighted by molar-refractivity contribution is 0.599. The van der Waals surface area contributed by atoms with Gasteiger partial charge in [0, 0.05) is 5.25 Å². The van der Waals surface area contributed by atoms with Crippen LogP contribution in [0.2, 0.25) is 0 Å². The van der Waals surface area contributed by atoms with Crippen molar-refractivity contribution < 1.29 is 8.42 Å². The smallest absolute Gasteiger partial charge is 0.151 e. The predicted molar refractivity (Wildman–Crippen MR) is 51.1 cm³/mol. The predicted octanol–water partition coefficient (Wildman–Crippen LogP) is 0.0462. The second-order valence-electron chi connectivity index (χ2n) is 3.07. The molecule has 1 aliphatic rings. The Labute approximate surface area is 76.3 Å². The fourth-order valence-corrected chi connectivity index (χ4v) is 4.97. The van der Waals surface area contributed by atoms with Gasteiger partial charge in [0.1, 0.15) is 0 Å². The molecule has 0 unspecified atom stereocenters. The molecule has 1 heterocycles. The largest absolute Gasteiger partial charge is 0.379 e. The second kappa shape index (κ2) is 3.26. The Morgan fingerprint density at radius 1 is 1.58 bits per heavy atom. The number of thioether (sulfide) groups is 1. The molecule has 70 valence electrons. The third-order valence-corrected chi connectivity index (χ3v) is 5.15. The summed E-state index contributed by atoms with van der Waals surface area (Å²) in [6, 6.07) is 0. The van der Waals surface area contributed by atoms with Crippen LogP contribution in [0, 0.1) is 11.3 Å². The Morgan fingerprint density at radius 3 is 2.50 bits per heavy atom. The number of hydrogen-bond donors (Lipinski definition) is 2. The van der Waals surface area contributed by atoms with Crippen LogP contribution in [0.5, 0.6) is 0 Å². The molecule has 1 rings (SSSR count). The van der Waals surface area contributed by atoms with Crippen LogP contribution in [-0.4, -0.2) is 30.3 Å². The lowest BCUT2D eigenvalue weighted by Gasteiger charge is -2.10. The van der Waals surface area contributed by atoms with E-state index in [1.165, 1.54) is 0 Å². The SMILES string of the molecule is C[C@@H]1CS(=O)(=O)C[C@@H]1SC(=N)N. The van der Waals surface area contributed by atoms with Gasteiger partial charge in [0.15, 0.2) is 15.0 Å². The third kappa shape index (κ3) is 2.38. The molecule has 3 N–H and O–H groups in total. The van der Waals surface area contributed by atoms with E-state index in [2.05, 4.69) is 0 Å². The molecule has 0 bridgehead atoms. The van der Waals surface area contributed by atoms with E-state index in [0.717, 1.165) is 11.8 Å². The highest BCUT2D eigenvalue weighted by atomic mass is 32.2. The van der Waals surface area contributed by atoms with E-state index in [-0.39, 0.29) is 27.8 Å². The Morgan fingerprint density at radius 2 is 2.17 bits per heavy atom. The van der Waals surface area contributed by atoms with Crippen LogP contribution in [-0.2, 0) is 9.84 Å². The van der Waals surface area contributed by atoms with Gasteiger partial charge in [0.25, 0.3) is 0 Å². The fourth-order valence-electron chi connectivity index (χ4n) is 1.30. The third-order valence-electron chi connectivity index (χ3n) is 1.85. The van der Waals surface area contributed by atoms with Crippen molar-refractivity contribution >= 4 is 26.8 Å². The van der Waals surface area contributed by atoms with Crippen LogP contribution in [0.15, 0.2) is 0 Å². The molecule has 1 saturated heterocycles. The van der Waals surface area contributed by atoms with Crippen LogP contribution in [0.1, 0.15) is 6.92 Å². The lowest BCUT2D eigenvalue weighted by atomic mass is 10.2. The molecule has 0 saturated carbocycles. The highest BCUT2D eigenvalue weighted by Gasteiger charge is 2.35. The van der Waals surface area contributed by atoms with Crippen LogP contribution in [0.4, 0.5) is 0 Å². The average molecular weight is 208 g/mol. The van der Waals surface area contributed by atoms with Gasteiger partial charge < -0.3 is 5.73 Å². The maximum atomic E-state index is 11.1. The summed E-state index contributed by atoms with van der Waals surface area (Å²) in [4.78, 5) is 0. The molecule has 0 aromatic rings. The van der Waals surface area contributed by atoms with E-state index in [4.69, 9.17) is 11.1 Å². The number of nitrogens with one attached hydrogen (secondary N) is 1. The van der Waals surface area contributed by atoms with E-state index in [1.807, 2.05) is 6.92 Å². The summed E-state index contributed by atoms with van der Waals surface area (Å²) in [5, 5.41) is 7.01. The number of sulfone groups is 1. The first-order valence-corrected chi connectivity index (χ1v) is 6.32. The Balaban J connectivity index is 2.64. The van der Waals surface area contributed by atoms with Gasteiger partial charge in [0.2, 0.25) is 0 Å². The number of rotatable bonds is 1. The molecular formula is C6H12N2O2S2. The van der Waals surface area contributed by atoms with Crippen LogP contribution < -0.4 is 5.73 Å². The van der Waals surface area contributed by atoms with Gasteiger partial charge in [-0.1, -0.05) is 18.7 Å². The van der Waals surface area contributed by atoms with Gasteiger partial charge in [-0.05, 0) is 5.92 Å². The molecule has 2 atom stereocenters. The lowest BCUT2D eigenvalue weighted by Crippen LogP contribution is -2.17. The maximum Gasteiger partial charge on any atom is 0.151 e. The highest BCUT2D eigenvalue weighted by Crippen LogP contribution is 2.28. The van der Waals surface area contributed by atoms with Gasteiger partial charge in [-0.25, -0.2) is 8.42 Å². The monoisotopic (exact) mass is 208 g/mol. The summed E-state index contributed by atoms with van der Waals surface area (Å²) in [5.74, 6) is 0.514. The normalized spacial score (nSPS) is 33.4. The van der Waals surface area contributed by atoms with Crippen molar-refractivity contribution in [3.05, 3.63) is 0 Å². The Hall–Kier alpha value is -0.230. The van der Waals surface area contributed by atoms with Crippen molar-refractivity contribution in [3.8, 4) is 0 Å². The molecule has 1 aliphatic heterocycles. The summed E-state index contributed by atoms with van der Waals surface area (Å²) < 4.78 is 22.2. The van der Waals surface area contributed by atoms with Gasteiger partial charge in [-0.2, -0.15) is 0 Å². The van der Waals surface area contributed by atoms with Crippen LogP contribution >= 0.6 is 11.8 Å². The summed E-state index contributed by atoms with van der Waals surface area (Å²) in [5.41, 5.74) is 5.17. The fraction of sp³-hybridized carbons (Fsp3) is 0.833. The van der Waals surface area contributed by atoms with Crippen molar-refractivity contribution in [2.45, 2.75) is 12.2 Å². The Kier molecular flexibility index (Phi) is 2.67. The first-order valence-electron chi connectivity index (χ1n) is 3.62. The topological polar surface area (TPSA) is 84.0 Å². The molecule has 0 aromatic heterocycles. The second-order valence-corrected chi connectivity index (χ2v) is 6.51. The average Bonchev–Trinajstić information content (AvgIpc) is 2.03. The van der Waals surface area contributed by atoms with E-state index in [0.29, 0.717) is 0 Å². The zero-order valence-corrected chi connectivity index (χ0v) is 8.41. The van der Waals surface area contributed by atoms with Gasteiger partial charge in [-0.15, -0.1) is 0 Å². The number of nitrogens with two attached hydrogens (primary N) is 1. The highest BCUT2D eigenvalue weighted by molar-refractivity contribution is 8.14. The van der Waals surface area contributed by atoms with Gasteiger partial charge in [-0.3, -0.25) is 5.41 Å². The standard InChI is InChI=1S/C6H12N2O2S2/c1-4-2-12(9,10)3-5(4)11-6(7)8/h4-5H,2-3H2,1H3,(H3,7,8)/t4-,5+/m1/s1. The molecule has 0 aromatic carbocycles. The van der Waals surface area contributed by atoms with Gasteiger partial charge in [0.05, 0.1) is 11.5 Å². The zero-order chi connectivity index (χ0) is 9.35. The van der Waals surface area contributed by atoms with Crippen LogP contribution in [0.3, 0.4) is 0 Å². The quantitative estimate of drug-likeness (QED) is 0.471. The molecule has 0 radical (unpaired) electrons. The van der Waals surface area contributed by atoms with Crippen molar-refractivity contribution in [2.24, 2.45) is 11.7 Å². The molecule has 4 nitrogen and oxygen atoms in total. The summed E-state index contributed by atoms with van der Waals surface area (Å²) in [6.45, 7) is 1.88. The summed E-state index contributed by atoms with van der Waals surface area (Å²) in [7, 11) is -2.86. The molecule has 12 heavy (non-hydrogen) atoms. The molecule has 6 heteroatoms. The zero-order valence-electron chi connectivity index (χ0n) is 6.78. The first kappa shape index (κ1) is 9.85. The minimum atomic E-state index is -2.86. The Bertz CT molecular complexity index is 286. The van der Waals surface area contributed by atoms with E-state index < -0.39 is 9.84 Å². The molecule has 0 spiro atoms. The van der Waals surface area contributed by atoms with Crippen molar-refractivity contribution in [3.63, 3.8) is 0 Å². The van der Waals surface area contributed by atoms with E-state index in [1.54, 1.807) is 0 Å². The number of hydrogen-bond acceptors (Lipinski definition) is 4. The minimum absolute atomic E-state index is 0.00366.